The molecule has 0 amide bonds. The van der Waals surface area contributed by atoms with Crippen LogP contribution in [0.4, 0.5) is 0 Å². The molecule has 0 heterocycles. The number of ketones is 1. The van der Waals surface area contributed by atoms with Crippen molar-refractivity contribution in [1.29, 1.82) is 0 Å². The first-order valence-corrected chi connectivity index (χ1v) is 3.56. The number of hydrogen-bond donors (Lipinski definition) is 1. The maximum Gasteiger partial charge on any atom is 0.185 e. The highest BCUT2D eigenvalue weighted by Crippen LogP contribution is 2.12. The average Bonchev–Trinajstić information content (AvgIpc) is 1.98. The Bertz CT molecular complexity index is 248. The van der Waals surface area contributed by atoms with E-state index in [9.17, 15) is 4.79 Å². The van der Waals surface area contributed by atoms with E-state index in [0.717, 1.165) is 12.0 Å². The van der Waals surface area contributed by atoms with Gasteiger partial charge in [-0.15, -0.1) is 0 Å². The molecule has 0 radical (unpaired) electrons. The minimum Gasteiger partial charge on any atom is -0.330 e. The molecule has 2 nitrogen and oxygen atoms in total. The first kappa shape index (κ1) is 7.95. The Morgan fingerprint density at radius 2 is 2.18 bits per heavy atom. The van der Waals surface area contributed by atoms with Crippen LogP contribution in [0.2, 0.25) is 0 Å². The summed E-state index contributed by atoms with van der Waals surface area (Å²) in [5, 5.41) is 0. The molecule has 0 unspecified atom stereocenters. The summed E-state index contributed by atoms with van der Waals surface area (Å²) in [6, 6.07) is 0. The third-order valence-electron chi connectivity index (χ3n) is 1.56. The van der Waals surface area contributed by atoms with E-state index in [1.54, 1.807) is 12.2 Å². The number of hydrogen-bond acceptors (Lipinski definition) is 2. The molecule has 0 aliphatic heterocycles. The van der Waals surface area contributed by atoms with Crippen LogP contribution in [0.15, 0.2) is 36.0 Å². The Morgan fingerprint density at radius 1 is 1.45 bits per heavy atom. The lowest BCUT2D eigenvalue weighted by Crippen LogP contribution is -2.05. The molecule has 2 heteroatoms. The average molecular weight is 149 g/mol. The lowest BCUT2D eigenvalue weighted by molar-refractivity contribution is -0.111. The highest BCUT2D eigenvalue weighted by atomic mass is 16.1. The van der Waals surface area contributed by atoms with Crippen LogP contribution in [0, 0.1) is 0 Å². The van der Waals surface area contributed by atoms with Gasteiger partial charge in [-0.05, 0) is 24.6 Å². The summed E-state index contributed by atoms with van der Waals surface area (Å²) in [6.07, 6.45) is 5.97. The fourth-order valence-electron chi connectivity index (χ4n) is 0.921. The number of carbonyl (C=O) groups excluding carboxylic acids is 1. The Labute approximate surface area is 66.1 Å². The first-order valence-electron chi connectivity index (χ1n) is 3.56. The summed E-state index contributed by atoms with van der Waals surface area (Å²) in [7, 11) is 0. The maximum absolute atomic E-state index is 11.0. The molecule has 0 saturated carbocycles. The van der Waals surface area contributed by atoms with Crippen LogP contribution in [-0.2, 0) is 4.79 Å². The van der Waals surface area contributed by atoms with Gasteiger partial charge in [0, 0.05) is 5.57 Å². The maximum atomic E-state index is 11.0. The zero-order valence-electron chi connectivity index (χ0n) is 6.34. The normalized spacial score (nSPS) is 17.0. The van der Waals surface area contributed by atoms with E-state index in [0.29, 0.717) is 12.1 Å². The van der Waals surface area contributed by atoms with Crippen LogP contribution in [0.3, 0.4) is 0 Å². The van der Waals surface area contributed by atoms with E-state index in [-0.39, 0.29) is 5.78 Å². The van der Waals surface area contributed by atoms with E-state index in [2.05, 4.69) is 6.58 Å². The third kappa shape index (κ3) is 1.88. The Kier molecular flexibility index (Phi) is 2.39. The van der Waals surface area contributed by atoms with Gasteiger partial charge in [0.2, 0.25) is 0 Å². The van der Waals surface area contributed by atoms with E-state index < -0.39 is 0 Å². The first-order chi connectivity index (χ1) is 5.24. The van der Waals surface area contributed by atoms with E-state index in [4.69, 9.17) is 5.73 Å². The fraction of sp³-hybridized carbons (Fsp3) is 0.222. The molecule has 11 heavy (non-hydrogen) atoms. The summed E-state index contributed by atoms with van der Waals surface area (Å²) in [4.78, 5) is 11.0. The van der Waals surface area contributed by atoms with Gasteiger partial charge in [0.1, 0.15) is 0 Å². The Morgan fingerprint density at radius 3 is 2.73 bits per heavy atom. The molecule has 1 aliphatic carbocycles. The van der Waals surface area contributed by atoms with Crippen molar-refractivity contribution in [2.24, 2.45) is 5.73 Å². The third-order valence-corrected chi connectivity index (χ3v) is 1.56. The molecular weight excluding hydrogens is 138 g/mol. The van der Waals surface area contributed by atoms with Crippen LogP contribution in [0.5, 0.6) is 0 Å². The van der Waals surface area contributed by atoms with Crippen molar-refractivity contribution in [3.05, 3.63) is 36.0 Å². The van der Waals surface area contributed by atoms with Gasteiger partial charge in [-0.3, -0.25) is 4.79 Å². The molecule has 58 valence electrons. The van der Waals surface area contributed by atoms with E-state index in [1.807, 2.05) is 6.08 Å². The summed E-state index contributed by atoms with van der Waals surface area (Å²) < 4.78 is 0. The number of allylic oxidation sites excluding steroid dienone is 4. The Hall–Kier alpha value is -1.15. The highest BCUT2D eigenvalue weighted by molar-refractivity contribution is 6.07. The van der Waals surface area contributed by atoms with Gasteiger partial charge in [-0.2, -0.15) is 0 Å². The molecule has 0 aromatic rings. The van der Waals surface area contributed by atoms with Crippen molar-refractivity contribution in [2.75, 3.05) is 6.54 Å². The van der Waals surface area contributed by atoms with Crippen molar-refractivity contribution >= 4 is 5.78 Å². The fourth-order valence-corrected chi connectivity index (χ4v) is 0.921. The lowest BCUT2D eigenvalue weighted by Gasteiger charge is -2.05. The second-order valence-corrected chi connectivity index (χ2v) is 2.48. The molecule has 0 atom stereocenters. The van der Waals surface area contributed by atoms with Gasteiger partial charge in [-0.25, -0.2) is 0 Å². The second-order valence-electron chi connectivity index (χ2n) is 2.48. The van der Waals surface area contributed by atoms with Crippen LogP contribution < -0.4 is 5.73 Å². The van der Waals surface area contributed by atoms with Gasteiger partial charge in [0.05, 0.1) is 0 Å². The van der Waals surface area contributed by atoms with Crippen LogP contribution in [0.25, 0.3) is 0 Å². The standard InChI is InChI=1S/C9H11NO/c1-7-2-3-8(4-5-10)6-9(7)11/h2-3,6H,1,4-5,10H2. The molecule has 0 spiro atoms. The topological polar surface area (TPSA) is 43.1 Å². The smallest absolute Gasteiger partial charge is 0.185 e. The van der Waals surface area contributed by atoms with Crippen LogP contribution >= 0.6 is 0 Å². The van der Waals surface area contributed by atoms with Gasteiger partial charge in [0.15, 0.2) is 5.78 Å². The van der Waals surface area contributed by atoms with Crippen LogP contribution in [0.1, 0.15) is 6.42 Å². The molecule has 0 aromatic heterocycles. The van der Waals surface area contributed by atoms with E-state index >= 15 is 0 Å². The van der Waals surface area contributed by atoms with Crippen molar-refractivity contribution in [3.8, 4) is 0 Å². The molecule has 1 aliphatic rings. The molecule has 0 aromatic carbocycles. The van der Waals surface area contributed by atoms with Crippen molar-refractivity contribution in [2.45, 2.75) is 6.42 Å². The largest absolute Gasteiger partial charge is 0.330 e. The minimum atomic E-state index is -0.00375. The predicted molar refractivity (Wildman–Crippen MR) is 45.0 cm³/mol. The molecule has 0 saturated heterocycles. The van der Waals surface area contributed by atoms with E-state index in [1.165, 1.54) is 0 Å². The quantitative estimate of drug-likeness (QED) is 0.594. The molecule has 0 bridgehead atoms. The zero-order valence-corrected chi connectivity index (χ0v) is 6.34. The predicted octanol–water partition coefficient (Wildman–Crippen LogP) is 0.957. The van der Waals surface area contributed by atoms with Crippen molar-refractivity contribution in [3.63, 3.8) is 0 Å². The second kappa shape index (κ2) is 3.30. The molecule has 1 rings (SSSR count). The minimum absolute atomic E-state index is 0.00375. The SMILES string of the molecule is C=C1C=CC(CCN)=CC1=O. The zero-order chi connectivity index (χ0) is 8.27. The lowest BCUT2D eigenvalue weighted by atomic mass is 10.0. The van der Waals surface area contributed by atoms with Crippen LogP contribution in [-0.4, -0.2) is 12.3 Å². The monoisotopic (exact) mass is 149 g/mol. The number of carbonyl (C=O) groups is 1. The van der Waals surface area contributed by atoms with Gasteiger partial charge < -0.3 is 5.73 Å². The number of nitrogens with two attached hydrogens (primary N) is 1. The van der Waals surface area contributed by atoms with Crippen molar-refractivity contribution < 1.29 is 4.79 Å². The van der Waals surface area contributed by atoms with Gasteiger partial charge >= 0.3 is 0 Å². The van der Waals surface area contributed by atoms with Gasteiger partial charge in [0.25, 0.3) is 0 Å². The van der Waals surface area contributed by atoms with Gasteiger partial charge in [-0.1, -0.05) is 18.7 Å². The van der Waals surface area contributed by atoms with Crippen molar-refractivity contribution in [1.82, 2.24) is 0 Å². The summed E-state index contributed by atoms with van der Waals surface area (Å²) >= 11 is 0. The molecular formula is C9H11NO. The Balaban J connectivity index is 2.72. The summed E-state index contributed by atoms with van der Waals surface area (Å²) in [5.41, 5.74) is 6.87. The summed E-state index contributed by atoms with van der Waals surface area (Å²) in [6.45, 7) is 4.16. The molecule has 2 N–H and O–H groups in total. The molecule has 0 fully saturated rings. The number of rotatable bonds is 2. The highest BCUT2D eigenvalue weighted by Gasteiger charge is 2.06. The summed E-state index contributed by atoms with van der Waals surface area (Å²) in [5.74, 6) is -0.00375.